The monoisotopic (exact) mass is 365 g/mol. The van der Waals surface area contributed by atoms with Gasteiger partial charge in [0.2, 0.25) is 5.75 Å². The van der Waals surface area contributed by atoms with Gasteiger partial charge in [-0.1, -0.05) is 64.7 Å². The molecule has 26 heavy (non-hydrogen) atoms. The molecule has 0 N–H and O–H groups in total. The molecule has 0 amide bonds. The fourth-order valence-corrected chi connectivity index (χ4v) is 2.90. The van der Waals surface area contributed by atoms with E-state index in [-0.39, 0.29) is 5.56 Å². The van der Waals surface area contributed by atoms with Gasteiger partial charge in [0.15, 0.2) is 11.5 Å². The van der Waals surface area contributed by atoms with Gasteiger partial charge >= 0.3 is 0 Å². The van der Waals surface area contributed by atoms with Crippen molar-refractivity contribution in [3.63, 3.8) is 0 Å². The van der Waals surface area contributed by atoms with Crippen LogP contribution >= 0.6 is 0 Å². The number of carboxylic acids is 1. The smallest absolute Gasteiger partial charge is 0.203 e. The van der Waals surface area contributed by atoms with Crippen LogP contribution in [0.3, 0.4) is 0 Å². The number of ether oxygens (including phenoxy) is 3. The van der Waals surface area contributed by atoms with Crippen molar-refractivity contribution in [2.75, 3.05) is 20.8 Å². The summed E-state index contributed by atoms with van der Waals surface area (Å²) in [6, 6.07) is 2.79. The highest BCUT2D eigenvalue weighted by molar-refractivity contribution is 5.87. The van der Waals surface area contributed by atoms with Gasteiger partial charge in [-0.2, -0.15) is 0 Å². The molecule has 0 aliphatic rings. The maximum Gasteiger partial charge on any atom is 0.203 e. The Kier molecular flexibility index (Phi) is 11.3. The SMILES string of the molecule is CCCCCCCCCCCCOc1c(OC)cc(C(=O)[O-])cc1OC. The molecule has 0 unspecified atom stereocenters. The Morgan fingerprint density at radius 3 is 1.73 bits per heavy atom. The minimum Gasteiger partial charge on any atom is -0.545 e. The zero-order chi connectivity index (χ0) is 19.2. The van der Waals surface area contributed by atoms with Crippen LogP contribution in [0, 0.1) is 0 Å². The second-order valence-electron chi connectivity index (χ2n) is 6.53. The normalized spacial score (nSPS) is 10.6. The predicted molar refractivity (Wildman–Crippen MR) is 101 cm³/mol. The molecule has 1 aromatic carbocycles. The van der Waals surface area contributed by atoms with Crippen molar-refractivity contribution in [1.29, 1.82) is 0 Å². The molecule has 0 saturated heterocycles. The molecule has 5 nitrogen and oxygen atoms in total. The molecule has 0 aromatic heterocycles. The third-order valence-corrected chi connectivity index (χ3v) is 4.44. The van der Waals surface area contributed by atoms with Gasteiger partial charge in [-0.15, -0.1) is 0 Å². The van der Waals surface area contributed by atoms with Crippen LogP contribution in [0.5, 0.6) is 17.2 Å². The molecule has 0 heterocycles. The predicted octanol–water partition coefficient (Wildman–Crippen LogP) is 4.37. The molecule has 5 heteroatoms. The Hall–Kier alpha value is -1.91. The van der Waals surface area contributed by atoms with E-state index < -0.39 is 5.97 Å². The van der Waals surface area contributed by atoms with Crippen molar-refractivity contribution in [2.24, 2.45) is 0 Å². The fourth-order valence-electron chi connectivity index (χ4n) is 2.90. The molecule has 0 atom stereocenters. The van der Waals surface area contributed by atoms with Crippen LogP contribution < -0.4 is 19.3 Å². The summed E-state index contributed by atoms with van der Waals surface area (Å²) in [7, 11) is 2.95. The lowest BCUT2D eigenvalue weighted by molar-refractivity contribution is -0.255. The molecule has 1 aromatic rings. The average Bonchev–Trinajstić information content (AvgIpc) is 2.65. The van der Waals surface area contributed by atoms with Gasteiger partial charge in [-0.05, 0) is 18.6 Å². The standard InChI is InChI=1S/C21H34O5/c1-4-5-6-7-8-9-10-11-12-13-14-26-20-18(24-2)15-17(21(22)23)16-19(20)25-3/h15-16H,4-14H2,1-3H3,(H,22,23)/p-1. The Morgan fingerprint density at radius 1 is 0.846 bits per heavy atom. The van der Waals surface area contributed by atoms with Crippen molar-refractivity contribution in [1.82, 2.24) is 0 Å². The van der Waals surface area contributed by atoms with Gasteiger partial charge in [0.1, 0.15) is 0 Å². The summed E-state index contributed by atoms with van der Waals surface area (Å²) in [4.78, 5) is 11.0. The minimum absolute atomic E-state index is 0.00462. The van der Waals surface area contributed by atoms with E-state index in [4.69, 9.17) is 14.2 Å². The number of carboxylic acid groups (broad SMARTS) is 1. The van der Waals surface area contributed by atoms with Gasteiger partial charge in [0, 0.05) is 5.56 Å². The van der Waals surface area contributed by atoms with Crippen LogP contribution in [0.1, 0.15) is 81.5 Å². The molecule has 0 radical (unpaired) electrons. The number of aromatic carboxylic acids is 1. The summed E-state index contributed by atoms with van der Waals surface area (Å²) < 4.78 is 16.3. The van der Waals surface area contributed by atoms with E-state index in [1.54, 1.807) is 0 Å². The highest BCUT2D eigenvalue weighted by atomic mass is 16.5. The second kappa shape index (κ2) is 13.3. The van der Waals surface area contributed by atoms with Crippen LogP contribution in [0.4, 0.5) is 0 Å². The second-order valence-corrected chi connectivity index (χ2v) is 6.53. The first-order chi connectivity index (χ1) is 12.6. The highest BCUT2D eigenvalue weighted by Gasteiger charge is 2.14. The van der Waals surface area contributed by atoms with Crippen LogP contribution in [-0.4, -0.2) is 26.8 Å². The van der Waals surface area contributed by atoms with E-state index in [0.29, 0.717) is 23.9 Å². The lowest BCUT2D eigenvalue weighted by atomic mass is 10.1. The van der Waals surface area contributed by atoms with Gasteiger partial charge in [-0.3, -0.25) is 0 Å². The number of benzene rings is 1. The Bertz CT molecular complexity index is 502. The fraction of sp³-hybridized carbons (Fsp3) is 0.667. The first-order valence-corrected chi connectivity index (χ1v) is 9.74. The van der Waals surface area contributed by atoms with Crippen molar-refractivity contribution in [2.45, 2.75) is 71.1 Å². The van der Waals surface area contributed by atoms with E-state index in [1.807, 2.05) is 0 Å². The Balaban J connectivity index is 2.31. The van der Waals surface area contributed by atoms with Crippen LogP contribution in [-0.2, 0) is 0 Å². The molecule has 0 spiro atoms. The van der Waals surface area contributed by atoms with Gasteiger partial charge in [0.05, 0.1) is 26.8 Å². The van der Waals surface area contributed by atoms with E-state index >= 15 is 0 Å². The number of carbonyl (C=O) groups is 1. The zero-order valence-electron chi connectivity index (χ0n) is 16.5. The summed E-state index contributed by atoms with van der Waals surface area (Å²) in [6.07, 6.45) is 12.6. The topological polar surface area (TPSA) is 67.8 Å². The molecular formula is C21H33O5-. The maximum atomic E-state index is 11.0. The van der Waals surface area contributed by atoms with E-state index in [1.165, 1.54) is 77.7 Å². The number of unbranched alkanes of at least 4 members (excludes halogenated alkanes) is 9. The molecule has 0 fully saturated rings. The summed E-state index contributed by atoms with van der Waals surface area (Å²) in [5.41, 5.74) is 0.00462. The summed E-state index contributed by atoms with van der Waals surface area (Å²) in [5.74, 6) is -0.148. The first-order valence-electron chi connectivity index (χ1n) is 9.74. The zero-order valence-corrected chi connectivity index (χ0v) is 16.5. The molecule has 0 aliphatic heterocycles. The number of carbonyl (C=O) groups excluding carboxylic acids is 1. The number of methoxy groups -OCH3 is 2. The average molecular weight is 365 g/mol. The molecule has 0 bridgehead atoms. The minimum atomic E-state index is -1.28. The number of hydrogen-bond acceptors (Lipinski definition) is 5. The van der Waals surface area contributed by atoms with Crippen molar-refractivity contribution in [3.05, 3.63) is 17.7 Å². The number of hydrogen-bond donors (Lipinski definition) is 0. The van der Waals surface area contributed by atoms with E-state index in [9.17, 15) is 9.90 Å². The Labute approximate surface area is 157 Å². The molecule has 0 aliphatic carbocycles. The summed E-state index contributed by atoms with van der Waals surface area (Å²) in [6.45, 7) is 2.79. The van der Waals surface area contributed by atoms with Gasteiger partial charge < -0.3 is 24.1 Å². The lowest BCUT2D eigenvalue weighted by Crippen LogP contribution is -2.22. The summed E-state index contributed by atoms with van der Waals surface area (Å²) >= 11 is 0. The maximum absolute atomic E-state index is 11.0. The third kappa shape index (κ3) is 7.98. The first kappa shape index (κ1) is 22.1. The van der Waals surface area contributed by atoms with Crippen LogP contribution in [0.25, 0.3) is 0 Å². The highest BCUT2D eigenvalue weighted by Crippen LogP contribution is 2.38. The molecule has 1 rings (SSSR count). The van der Waals surface area contributed by atoms with Crippen LogP contribution in [0.15, 0.2) is 12.1 Å². The van der Waals surface area contributed by atoms with Crippen molar-refractivity contribution < 1.29 is 24.1 Å². The lowest BCUT2D eigenvalue weighted by Gasteiger charge is -2.16. The van der Waals surface area contributed by atoms with Crippen molar-refractivity contribution in [3.8, 4) is 17.2 Å². The van der Waals surface area contributed by atoms with Crippen molar-refractivity contribution >= 4 is 5.97 Å². The number of rotatable bonds is 15. The Morgan fingerprint density at radius 2 is 1.31 bits per heavy atom. The molecule has 148 valence electrons. The van der Waals surface area contributed by atoms with Gasteiger partial charge in [0.25, 0.3) is 0 Å². The van der Waals surface area contributed by atoms with Crippen LogP contribution in [0.2, 0.25) is 0 Å². The van der Waals surface area contributed by atoms with E-state index in [0.717, 1.165) is 12.8 Å². The molecule has 0 saturated carbocycles. The summed E-state index contributed by atoms with van der Waals surface area (Å²) in [5, 5.41) is 11.0. The van der Waals surface area contributed by atoms with Gasteiger partial charge in [-0.25, -0.2) is 0 Å². The molecular weight excluding hydrogens is 332 g/mol. The largest absolute Gasteiger partial charge is 0.545 e. The quantitative estimate of drug-likeness (QED) is 0.432. The van der Waals surface area contributed by atoms with E-state index in [2.05, 4.69) is 6.92 Å². The third-order valence-electron chi connectivity index (χ3n) is 4.44.